The van der Waals surface area contributed by atoms with Gasteiger partial charge in [-0.2, -0.15) is 0 Å². The summed E-state index contributed by atoms with van der Waals surface area (Å²) in [6.45, 7) is 0. The quantitative estimate of drug-likeness (QED) is 0.599. The van der Waals surface area contributed by atoms with Crippen molar-refractivity contribution in [2.24, 2.45) is 11.5 Å². The highest BCUT2D eigenvalue weighted by atomic mass is 16.1. The molecule has 0 amide bonds. The van der Waals surface area contributed by atoms with Gasteiger partial charge in [0.1, 0.15) is 6.29 Å². The minimum absolute atomic E-state index is 0.106. The van der Waals surface area contributed by atoms with Crippen LogP contribution in [-0.4, -0.2) is 24.2 Å². The van der Waals surface area contributed by atoms with Gasteiger partial charge >= 0.3 is 0 Å². The number of aldehydes is 1. The summed E-state index contributed by atoms with van der Waals surface area (Å²) < 4.78 is 0. The van der Waals surface area contributed by atoms with Crippen LogP contribution in [0.3, 0.4) is 0 Å². The van der Waals surface area contributed by atoms with Gasteiger partial charge in [-0.25, -0.2) is 0 Å². The van der Waals surface area contributed by atoms with Crippen molar-refractivity contribution >= 4 is 12.1 Å². The molecular formula is C18H20N2O2. The third-order valence-corrected chi connectivity index (χ3v) is 3.49. The molecule has 0 fully saturated rings. The van der Waals surface area contributed by atoms with Crippen molar-refractivity contribution in [1.82, 2.24) is 0 Å². The van der Waals surface area contributed by atoms with E-state index in [9.17, 15) is 9.59 Å². The second kappa shape index (κ2) is 7.64. The number of carbonyl (C=O) groups is 2. The van der Waals surface area contributed by atoms with Crippen molar-refractivity contribution in [3.05, 3.63) is 71.3 Å². The smallest absolute Gasteiger partial charge is 0.179 e. The van der Waals surface area contributed by atoms with Gasteiger partial charge in [-0.15, -0.1) is 0 Å². The Labute approximate surface area is 130 Å². The highest BCUT2D eigenvalue weighted by Crippen LogP contribution is 2.11. The van der Waals surface area contributed by atoms with Gasteiger partial charge in [-0.1, -0.05) is 48.5 Å². The summed E-state index contributed by atoms with van der Waals surface area (Å²) in [4.78, 5) is 23.1. The van der Waals surface area contributed by atoms with E-state index in [0.717, 1.165) is 11.1 Å². The second-order valence-corrected chi connectivity index (χ2v) is 5.36. The zero-order valence-corrected chi connectivity index (χ0v) is 12.3. The van der Waals surface area contributed by atoms with Gasteiger partial charge in [0, 0.05) is 5.56 Å². The molecule has 0 saturated carbocycles. The zero-order chi connectivity index (χ0) is 15.9. The third kappa shape index (κ3) is 4.35. The molecule has 4 nitrogen and oxygen atoms in total. The predicted octanol–water partition coefficient (Wildman–Crippen LogP) is 1.51. The number of ketones is 1. The van der Waals surface area contributed by atoms with Crippen LogP contribution in [0, 0.1) is 0 Å². The van der Waals surface area contributed by atoms with E-state index in [1.54, 1.807) is 18.2 Å². The van der Waals surface area contributed by atoms with Gasteiger partial charge in [-0.05, 0) is 30.0 Å². The SMILES string of the molecule is N[C@H](C=O)Cc1cccc(C(=O)[C@@H](N)Cc2ccccc2)c1. The number of carbonyl (C=O) groups excluding carboxylic acids is 2. The van der Waals surface area contributed by atoms with E-state index >= 15 is 0 Å². The minimum atomic E-state index is -0.586. The fraction of sp³-hybridized carbons (Fsp3) is 0.222. The van der Waals surface area contributed by atoms with Crippen LogP contribution >= 0.6 is 0 Å². The van der Waals surface area contributed by atoms with Crippen molar-refractivity contribution < 1.29 is 9.59 Å². The molecule has 0 aliphatic carbocycles. The molecule has 0 saturated heterocycles. The largest absolute Gasteiger partial charge is 0.321 e. The second-order valence-electron chi connectivity index (χ2n) is 5.36. The van der Waals surface area contributed by atoms with Crippen LogP contribution in [0.1, 0.15) is 21.5 Å². The maximum absolute atomic E-state index is 12.4. The first kappa shape index (κ1) is 16.1. The van der Waals surface area contributed by atoms with E-state index in [4.69, 9.17) is 11.5 Å². The normalized spacial score (nSPS) is 13.4. The molecule has 2 rings (SSSR count). The summed E-state index contributed by atoms with van der Waals surface area (Å²) in [6, 6.07) is 15.7. The lowest BCUT2D eigenvalue weighted by atomic mass is 9.96. The Bertz CT molecular complexity index is 641. The average molecular weight is 296 g/mol. The van der Waals surface area contributed by atoms with Gasteiger partial charge in [0.15, 0.2) is 5.78 Å². The predicted molar refractivity (Wildman–Crippen MR) is 86.6 cm³/mol. The first-order valence-corrected chi connectivity index (χ1v) is 7.23. The Morgan fingerprint density at radius 2 is 1.64 bits per heavy atom. The lowest BCUT2D eigenvalue weighted by molar-refractivity contribution is -0.108. The van der Waals surface area contributed by atoms with Crippen molar-refractivity contribution in [3.63, 3.8) is 0 Å². The average Bonchev–Trinajstić information content (AvgIpc) is 2.55. The van der Waals surface area contributed by atoms with Crippen LogP contribution in [0.4, 0.5) is 0 Å². The molecule has 0 bridgehead atoms. The lowest BCUT2D eigenvalue weighted by Gasteiger charge is -2.12. The standard InChI is InChI=1S/C18H20N2O2/c19-16(12-21)10-14-7-4-8-15(9-14)18(22)17(20)11-13-5-2-1-3-6-13/h1-9,12,16-17H,10-11,19-20H2/t16-,17-/m0/s1. The van der Waals surface area contributed by atoms with Gasteiger partial charge in [-0.3, -0.25) is 4.79 Å². The van der Waals surface area contributed by atoms with Crippen molar-refractivity contribution in [1.29, 1.82) is 0 Å². The van der Waals surface area contributed by atoms with Crippen LogP contribution in [0.5, 0.6) is 0 Å². The molecule has 0 radical (unpaired) electrons. The fourth-order valence-corrected chi connectivity index (χ4v) is 2.35. The highest BCUT2D eigenvalue weighted by molar-refractivity contribution is 6.00. The Hall–Kier alpha value is -2.30. The number of hydrogen-bond donors (Lipinski definition) is 2. The molecule has 4 N–H and O–H groups in total. The molecule has 114 valence electrons. The van der Waals surface area contributed by atoms with Crippen LogP contribution in [0.15, 0.2) is 54.6 Å². The van der Waals surface area contributed by atoms with Crippen molar-refractivity contribution in [2.45, 2.75) is 24.9 Å². The summed E-state index contributed by atoms with van der Waals surface area (Å²) in [6.07, 6.45) is 1.62. The number of Topliss-reactive ketones (excluding diaryl/α,β-unsaturated/α-hetero) is 1. The monoisotopic (exact) mass is 296 g/mol. The van der Waals surface area contributed by atoms with Gasteiger partial charge in [0.2, 0.25) is 0 Å². The molecule has 0 unspecified atom stereocenters. The number of benzene rings is 2. The van der Waals surface area contributed by atoms with Gasteiger partial charge in [0.05, 0.1) is 12.1 Å². The summed E-state index contributed by atoms with van der Waals surface area (Å²) in [5.74, 6) is -0.106. The van der Waals surface area contributed by atoms with E-state index in [2.05, 4.69) is 0 Å². The molecular weight excluding hydrogens is 276 g/mol. The number of rotatable bonds is 7. The molecule has 0 aliphatic rings. The Balaban J connectivity index is 2.08. The van der Waals surface area contributed by atoms with Crippen LogP contribution < -0.4 is 11.5 Å². The lowest BCUT2D eigenvalue weighted by Crippen LogP contribution is -2.33. The molecule has 0 aliphatic heterocycles. The summed E-state index contributed by atoms with van der Waals surface area (Å²) in [5, 5.41) is 0. The molecule has 0 spiro atoms. The molecule has 22 heavy (non-hydrogen) atoms. The first-order valence-electron chi connectivity index (χ1n) is 7.23. The van der Waals surface area contributed by atoms with E-state index < -0.39 is 12.1 Å². The van der Waals surface area contributed by atoms with E-state index in [1.165, 1.54) is 0 Å². The highest BCUT2D eigenvalue weighted by Gasteiger charge is 2.16. The van der Waals surface area contributed by atoms with Crippen molar-refractivity contribution in [2.75, 3.05) is 0 Å². The molecule has 2 atom stereocenters. The first-order chi connectivity index (χ1) is 10.6. The topological polar surface area (TPSA) is 86.2 Å². The summed E-state index contributed by atoms with van der Waals surface area (Å²) >= 11 is 0. The summed E-state index contributed by atoms with van der Waals surface area (Å²) in [5.41, 5.74) is 14.1. The van der Waals surface area contributed by atoms with Crippen molar-refractivity contribution in [3.8, 4) is 0 Å². The van der Waals surface area contributed by atoms with E-state index in [-0.39, 0.29) is 5.78 Å². The molecule has 2 aromatic rings. The van der Waals surface area contributed by atoms with Crippen LogP contribution in [0.25, 0.3) is 0 Å². The molecule has 4 heteroatoms. The Kier molecular flexibility index (Phi) is 5.58. The number of hydrogen-bond acceptors (Lipinski definition) is 4. The van der Waals surface area contributed by atoms with Crippen LogP contribution in [-0.2, 0) is 17.6 Å². The van der Waals surface area contributed by atoms with Gasteiger partial charge in [0.25, 0.3) is 0 Å². The molecule has 0 aromatic heterocycles. The Morgan fingerprint density at radius 3 is 2.32 bits per heavy atom. The maximum atomic E-state index is 12.4. The minimum Gasteiger partial charge on any atom is -0.321 e. The van der Waals surface area contributed by atoms with Crippen LogP contribution in [0.2, 0.25) is 0 Å². The third-order valence-electron chi connectivity index (χ3n) is 3.49. The summed E-state index contributed by atoms with van der Waals surface area (Å²) in [7, 11) is 0. The maximum Gasteiger partial charge on any atom is 0.179 e. The van der Waals surface area contributed by atoms with Gasteiger partial charge < -0.3 is 16.3 Å². The number of nitrogens with two attached hydrogens (primary N) is 2. The fourth-order valence-electron chi connectivity index (χ4n) is 2.35. The van der Waals surface area contributed by atoms with E-state index in [1.807, 2.05) is 36.4 Å². The Morgan fingerprint density at radius 1 is 0.955 bits per heavy atom. The van der Waals surface area contributed by atoms with E-state index in [0.29, 0.717) is 24.7 Å². The zero-order valence-electron chi connectivity index (χ0n) is 12.3. The molecule has 2 aromatic carbocycles. The molecule has 0 heterocycles.